The SMILES string of the molecule is COCC(C)(NC(=O)OCC1c2ccccc2-c2ccccc21)C(=O)NCC(CC(=O)O)OC. The van der Waals surface area contributed by atoms with Crippen LogP contribution in [0.25, 0.3) is 11.1 Å². The van der Waals surface area contributed by atoms with E-state index in [0.29, 0.717) is 0 Å². The van der Waals surface area contributed by atoms with E-state index in [0.717, 1.165) is 22.3 Å². The summed E-state index contributed by atoms with van der Waals surface area (Å²) < 4.78 is 15.8. The molecule has 0 fully saturated rings. The van der Waals surface area contributed by atoms with E-state index in [4.69, 9.17) is 19.3 Å². The average Bonchev–Trinajstić information content (AvgIpc) is 3.13. The highest BCUT2D eigenvalue weighted by molar-refractivity contribution is 5.90. The first-order chi connectivity index (χ1) is 16.3. The maximum absolute atomic E-state index is 12.8. The molecule has 34 heavy (non-hydrogen) atoms. The van der Waals surface area contributed by atoms with Crippen molar-refractivity contribution in [3.05, 3.63) is 59.7 Å². The number of ether oxygens (including phenoxy) is 3. The Hall–Kier alpha value is -3.43. The van der Waals surface area contributed by atoms with Crippen LogP contribution in [-0.2, 0) is 23.8 Å². The van der Waals surface area contributed by atoms with E-state index in [2.05, 4.69) is 10.6 Å². The number of nitrogens with one attached hydrogen (secondary N) is 2. The van der Waals surface area contributed by atoms with Crippen molar-refractivity contribution in [3.8, 4) is 11.1 Å². The maximum atomic E-state index is 12.8. The molecule has 2 atom stereocenters. The zero-order valence-corrected chi connectivity index (χ0v) is 19.5. The first kappa shape index (κ1) is 25.2. The molecular formula is C25H30N2O7. The number of hydrogen-bond donors (Lipinski definition) is 3. The normalized spacial score (nSPS) is 14.9. The molecule has 2 unspecified atom stereocenters. The van der Waals surface area contributed by atoms with E-state index >= 15 is 0 Å². The van der Waals surface area contributed by atoms with E-state index in [9.17, 15) is 14.4 Å². The number of benzene rings is 2. The van der Waals surface area contributed by atoms with Crippen molar-refractivity contribution in [1.82, 2.24) is 10.6 Å². The first-order valence-corrected chi connectivity index (χ1v) is 10.9. The summed E-state index contributed by atoms with van der Waals surface area (Å²) in [6.07, 6.45) is -1.73. The van der Waals surface area contributed by atoms with Crippen molar-refractivity contribution in [1.29, 1.82) is 0 Å². The minimum absolute atomic E-state index is 0.0344. The monoisotopic (exact) mass is 470 g/mol. The molecule has 0 spiro atoms. The zero-order valence-electron chi connectivity index (χ0n) is 19.5. The second-order valence-corrected chi connectivity index (χ2v) is 8.38. The van der Waals surface area contributed by atoms with Crippen LogP contribution in [0.5, 0.6) is 0 Å². The van der Waals surface area contributed by atoms with Gasteiger partial charge in [-0.25, -0.2) is 4.79 Å². The number of carboxylic acids is 1. The molecule has 1 aliphatic rings. The van der Waals surface area contributed by atoms with Crippen LogP contribution in [0.1, 0.15) is 30.4 Å². The number of hydrogen-bond acceptors (Lipinski definition) is 6. The largest absolute Gasteiger partial charge is 0.481 e. The lowest BCUT2D eigenvalue weighted by atomic mass is 9.98. The molecule has 2 amide bonds. The van der Waals surface area contributed by atoms with Crippen LogP contribution in [0, 0.1) is 0 Å². The molecule has 0 saturated carbocycles. The molecule has 182 valence electrons. The van der Waals surface area contributed by atoms with Crippen molar-refractivity contribution < 1.29 is 33.7 Å². The quantitative estimate of drug-likeness (QED) is 0.461. The average molecular weight is 471 g/mol. The molecule has 0 saturated heterocycles. The van der Waals surface area contributed by atoms with Crippen LogP contribution in [0.4, 0.5) is 4.79 Å². The molecule has 3 rings (SSSR count). The molecule has 0 aromatic heterocycles. The lowest BCUT2D eigenvalue weighted by Gasteiger charge is -2.29. The molecule has 2 aromatic rings. The Labute approximate surface area is 198 Å². The van der Waals surface area contributed by atoms with Gasteiger partial charge in [0, 0.05) is 26.7 Å². The Morgan fingerprint density at radius 2 is 1.62 bits per heavy atom. The molecule has 0 bridgehead atoms. The van der Waals surface area contributed by atoms with E-state index in [1.807, 2.05) is 48.5 Å². The predicted octanol–water partition coefficient (Wildman–Crippen LogP) is 2.54. The summed E-state index contributed by atoms with van der Waals surface area (Å²) in [5, 5.41) is 14.1. The Morgan fingerprint density at radius 1 is 1.03 bits per heavy atom. The zero-order chi connectivity index (χ0) is 24.7. The molecule has 0 aliphatic heterocycles. The molecule has 3 N–H and O–H groups in total. The van der Waals surface area contributed by atoms with Gasteiger partial charge in [0.25, 0.3) is 0 Å². The van der Waals surface area contributed by atoms with Gasteiger partial charge in [0.2, 0.25) is 5.91 Å². The van der Waals surface area contributed by atoms with Gasteiger partial charge in [0.15, 0.2) is 0 Å². The summed E-state index contributed by atoms with van der Waals surface area (Å²) in [7, 11) is 2.77. The van der Waals surface area contributed by atoms with Gasteiger partial charge in [-0.3, -0.25) is 9.59 Å². The number of carboxylic acid groups (broad SMARTS) is 1. The molecule has 9 nitrogen and oxygen atoms in total. The standard InChI is InChI=1S/C25H30N2O7/c1-25(15-32-2,23(30)26-13-16(33-3)12-22(28)29)27-24(31)34-14-21-19-10-6-4-8-17(19)18-9-5-7-11-20(18)21/h4-11,16,21H,12-15H2,1-3H3,(H,26,30)(H,27,31)(H,28,29). The van der Waals surface area contributed by atoms with Gasteiger partial charge in [-0.05, 0) is 29.2 Å². The highest BCUT2D eigenvalue weighted by atomic mass is 16.5. The van der Waals surface area contributed by atoms with Gasteiger partial charge in [-0.2, -0.15) is 0 Å². The Bertz CT molecular complexity index is 996. The smallest absolute Gasteiger partial charge is 0.408 e. The van der Waals surface area contributed by atoms with Crippen LogP contribution in [0.3, 0.4) is 0 Å². The molecular weight excluding hydrogens is 440 g/mol. The summed E-state index contributed by atoms with van der Waals surface area (Å²) in [4.78, 5) is 36.4. The summed E-state index contributed by atoms with van der Waals surface area (Å²) in [5.74, 6) is -1.70. The van der Waals surface area contributed by atoms with Gasteiger partial charge < -0.3 is 30.0 Å². The minimum atomic E-state index is -1.43. The van der Waals surface area contributed by atoms with Crippen LogP contribution in [0.15, 0.2) is 48.5 Å². The fraction of sp³-hybridized carbons (Fsp3) is 0.400. The molecule has 9 heteroatoms. The number of fused-ring (bicyclic) bond motifs is 3. The molecule has 0 radical (unpaired) electrons. The number of carbonyl (C=O) groups is 3. The Balaban J connectivity index is 1.64. The first-order valence-electron chi connectivity index (χ1n) is 10.9. The number of aliphatic carboxylic acids is 1. The van der Waals surface area contributed by atoms with E-state index < -0.39 is 29.6 Å². The Morgan fingerprint density at radius 3 is 2.15 bits per heavy atom. The summed E-state index contributed by atoms with van der Waals surface area (Å²) >= 11 is 0. The third-order valence-corrected chi connectivity index (χ3v) is 5.88. The summed E-state index contributed by atoms with van der Waals surface area (Å²) in [6, 6.07) is 16.0. The van der Waals surface area contributed by atoms with Gasteiger partial charge in [0.05, 0.1) is 19.1 Å². The molecule has 1 aliphatic carbocycles. The fourth-order valence-corrected chi connectivity index (χ4v) is 4.14. The van der Waals surface area contributed by atoms with Crippen LogP contribution >= 0.6 is 0 Å². The highest BCUT2D eigenvalue weighted by Crippen LogP contribution is 2.44. The third kappa shape index (κ3) is 5.73. The number of carbonyl (C=O) groups excluding carboxylic acids is 2. The van der Waals surface area contributed by atoms with Gasteiger partial charge in [-0.15, -0.1) is 0 Å². The number of alkyl carbamates (subject to hydrolysis) is 1. The molecule has 0 heterocycles. The Kier molecular flexibility index (Phi) is 8.25. The van der Waals surface area contributed by atoms with Gasteiger partial charge in [-0.1, -0.05) is 48.5 Å². The van der Waals surface area contributed by atoms with Crippen LogP contribution in [-0.4, -0.2) is 68.7 Å². The fourth-order valence-electron chi connectivity index (χ4n) is 4.14. The third-order valence-electron chi connectivity index (χ3n) is 5.88. The van der Waals surface area contributed by atoms with Gasteiger partial charge in [0.1, 0.15) is 12.1 Å². The van der Waals surface area contributed by atoms with E-state index in [1.165, 1.54) is 21.1 Å². The van der Waals surface area contributed by atoms with Crippen LogP contribution < -0.4 is 10.6 Å². The van der Waals surface area contributed by atoms with E-state index in [-0.39, 0.29) is 32.1 Å². The van der Waals surface area contributed by atoms with Crippen molar-refractivity contribution in [2.75, 3.05) is 34.0 Å². The maximum Gasteiger partial charge on any atom is 0.408 e. The number of rotatable bonds is 11. The van der Waals surface area contributed by atoms with Crippen molar-refractivity contribution >= 4 is 18.0 Å². The highest BCUT2D eigenvalue weighted by Gasteiger charge is 2.37. The van der Waals surface area contributed by atoms with Gasteiger partial charge >= 0.3 is 12.1 Å². The number of methoxy groups -OCH3 is 2. The lowest BCUT2D eigenvalue weighted by Crippen LogP contribution is -2.60. The van der Waals surface area contributed by atoms with Crippen molar-refractivity contribution in [3.63, 3.8) is 0 Å². The second-order valence-electron chi connectivity index (χ2n) is 8.38. The van der Waals surface area contributed by atoms with Crippen molar-refractivity contribution in [2.45, 2.75) is 30.9 Å². The van der Waals surface area contributed by atoms with E-state index in [1.54, 1.807) is 0 Å². The summed E-state index contributed by atoms with van der Waals surface area (Å²) in [5.41, 5.74) is 2.96. The molecule has 2 aromatic carbocycles. The lowest BCUT2D eigenvalue weighted by molar-refractivity contribution is -0.140. The minimum Gasteiger partial charge on any atom is -0.481 e. The number of amides is 2. The predicted molar refractivity (Wildman–Crippen MR) is 125 cm³/mol. The summed E-state index contributed by atoms with van der Waals surface area (Å²) in [6.45, 7) is 1.47. The van der Waals surface area contributed by atoms with Crippen molar-refractivity contribution in [2.24, 2.45) is 0 Å². The van der Waals surface area contributed by atoms with Crippen LogP contribution in [0.2, 0.25) is 0 Å². The topological polar surface area (TPSA) is 123 Å². The second kappa shape index (κ2) is 11.1.